The van der Waals surface area contributed by atoms with E-state index in [0.717, 1.165) is 18.7 Å². The lowest BCUT2D eigenvalue weighted by Gasteiger charge is -2.17. The minimum atomic E-state index is -0.281. The summed E-state index contributed by atoms with van der Waals surface area (Å²) in [6, 6.07) is 1.69. The second-order valence-corrected chi connectivity index (χ2v) is 4.80. The van der Waals surface area contributed by atoms with E-state index in [1.54, 1.807) is 19.2 Å². The van der Waals surface area contributed by atoms with Crippen molar-refractivity contribution in [3.8, 4) is 0 Å². The number of nitrogens with zero attached hydrogens (tertiary/aromatic N) is 2. The number of rotatable bonds is 5. The van der Waals surface area contributed by atoms with Crippen LogP contribution >= 0.6 is 23.2 Å². The predicted octanol–water partition coefficient (Wildman–Crippen LogP) is 2.59. The summed E-state index contributed by atoms with van der Waals surface area (Å²) in [7, 11) is 1.97. The molecule has 1 aromatic heterocycles. The molecule has 0 aromatic carbocycles. The van der Waals surface area contributed by atoms with Gasteiger partial charge in [0.15, 0.2) is 0 Å². The molecule has 1 heterocycles. The van der Waals surface area contributed by atoms with Crippen LogP contribution in [0.2, 0.25) is 10.0 Å². The Morgan fingerprint density at radius 1 is 1.50 bits per heavy atom. The maximum absolute atomic E-state index is 9.17. The van der Waals surface area contributed by atoms with E-state index in [-0.39, 0.29) is 6.10 Å². The van der Waals surface area contributed by atoms with Crippen LogP contribution in [0.15, 0.2) is 12.3 Å². The lowest BCUT2D eigenvalue weighted by Crippen LogP contribution is -2.22. The molecule has 1 N–H and O–H groups in total. The van der Waals surface area contributed by atoms with Gasteiger partial charge in [-0.2, -0.15) is 0 Å². The summed E-state index contributed by atoms with van der Waals surface area (Å²) < 4.78 is 0. The van der Waals surface area contributed by atoms with E-state index in [1.807, 2.05) is 7.05 Å². The average molecular weight is 263 g/mol. The number of pyridine rings is 1. The summed E-state index contributed by atoms with van der Waals surface area (Å²) in [5, 5.41) is 10.3. The van der Waals surface area contributed by atoms with Gasteiger partial charge in [-0.1, -0.05) is 23.2 Å². The Morgan fingerprint density at radius 2 is 2.19 bits per heavy atom. The van der Waals surface area contributed by atoms with E-state index in [1.165, 1.54) is 0 Å². The predicted molar refractivity (Wildman–Crippen MR) is 66.9 cm³/mol. The zero-order valence-electron chi connectivity index (χ0n) is 9.45. The van der Waals surface area contributed by atoms with Crippen molar-refractivity contribution in [2.75, 3.05) is 13.6 Å². The van der Waals surface area contributed by atoms with Gasteiger partial charge in [0.2, 0.25) is 0 Å². The quantitative estimate of drug-likeness (QED) is 0.887. The van der Waals surface area contributed by atoms with Gasteiger partial charge >= 0.3 is 0 Å². The maximum atomic E-state index is 9.17. The second kappa shape index (κ2) is 6.40. The fraction of sp³-hybridized carbons (Fsp3) is 0.545. The van der Waals surface area contributed by atoms with Gasteiger partial charge in [-0.15, -0.1) is 0 Å². The average Bonchev–Trinajstić information content (AvgIpc) is 2.19. The van der Waals surface area contributed by atoms with Gasteiger partial charge in [0.25, 0.3) is 0 Å². The molecule has 16 heavy (non-hydrogen) atoms. The van der Waals surface area contributed by atoms with Crippen molar-refractivity contribution in [2.24, 2.45) is 0 Å². The molecule has 0 spiro atoms. The first-order valence-corrected chi connectivity index (χ1v) is 5.91. The number of aliphatic hydroxyl groups excluding tert-OH is 1. The van der Waals surface area contributed by atoms with Crippen LogP contribution in [0.4, 0.5) is 0 Å². The second-order valence-electron chi connectivity index (χ2n) is 3.96. The number of aliphatic hydroxyl groups is 1. The zero-order valence-corrected chi connectivity index (χ0v) is 11.0. The molecule has 0 radical (unpaired) electrons. The summed E-state index contributed by atoms with van der Waals surface area (Å²) >= 11 is 11.8. The molecule has 0 fully saturated rings. The number of halogens is 2. The van der Waals surface area contributed by atoms with E-state index in [0.29, 0.717) is 16.6 Å². The molecule has 1 rings (SSSR count). The van der Waals surface area contributed by atoms with Crippen LogP contribution in [-0.4, -0.2) is 34.7 Å². The summed E-state index contributed by atoms with van der Waals surface area (Å²) in [4.78, 5) is 6.24. The molecular weight excluding hydrogens is 247 g/mol. The van der Waals surface area contributed by atoms with Gasteiger partial charge in [-0.25, -0.2) is 0 Å². The van der Waals surface area contributed by atoms with Crippen LogP contribution in [-0.2, 0) is 6.54 Å². The van der Waals surface area contributed by atoms with Gasteiger partial charge in [0.1, 0.15) is 0 Å². The van der Waals surface area contributed by atoms with Gasteiger partial charge < -0.3 is 10.0 Å². The number of hydrogen-bond donors (Lipinski definition) is 1. The Hall–Kier alpha value is -0.350. The third-order valence-electron chi connectivity index (χ3n) is 2.23. The lowest BCUT2D eigenvalue weighted by atomic mass is 10.2. The first-order chi connectivity index (χ1) is 7.49. The first kappa shape index (κ1) is 13.7. The van der Waals surface area contributed by atoms with Crippen molar-refractivity contribution < 1.29 is 5.11 Å². The van der Waals surface area contributed by atoms with Gasteiger partial charge in [0, 0.05) is 19.3 Å². The molecule has 0 aliphatic carbocycles. The summed E-state index contributed by atoms with van der Waals surface area (Å²) in [6.07, 6.45) is 2.04. The van der Waals surface area contributed by atoms with Gasteiger partial charge in [-0.05, 0) is 26.5 Å². The largest absolute Gasteiger partial charge is 0.393 e. The molecular formula is C11H16Cl2N2O. The SMILES string of the molecule is CC(O)CCN(C)Cc1ncc(Cl)cc1Cl. The molecule has 0 aliphatic rings. The maximum Gasteiger partial charge on any atom is 0.0730 e. The van der Waals surface area contributed by atoms with Crippen molar-refractivity contribution in [3.63, 3.8) is 0 Å². The highest BCUT2D eigenvalue weighted by molar-refractivity contribution is 6.34. The van der Waals surface area contributed by atoms with Crippen LogP contribution in [0, 0.1) is 0 Å². The van der Waals surface area contributed by atoms with Crippen molar-refractivity contribution in [1.29, 1.82) is 0 Å². The molecule has 5 heteroatoms. The Bertz CT molecular complexity index is 345. The van der Waals surface area contributed by atoms with Crippen molar-refractivity contribution in [2.45, 2.75) is 26.0 Å². The van der Waals surface area contributed by atoms with Crippen molar-refractivity contribution in [1.82, 2.24) is 9.88 Å². The summed E-state index contributed by atoms with van der Waals surface area (Å²) in [5.41, 5.74) is 0.805. The first-order valence-electron chi connectivity index (χ1n) is 5.15. The van der Waals surface area contributed by atoms with Crippen molar-refractivity contribution >= 4 is 23.2 Å². The van der Waals surface area contributed by atoms with Crippen LogP contribution in [0.25, 0.3) is 0 Å². The normalized spacial score (nSPS) is 13.1. The standard InChI is InChI=1S/C11H16Cl2N2O/c1-8(16)3-4-15(2)7-11-10(13)5-9(12)6-14-11/h5-6,8,16H,3-4,7H2,1-2H3. The molecule has 0 saturated carbocycles. The fourth-order valence-electron chi connectivity index (χ4n) is 1.30. The van der Waals surface area contributed by atoms with E-state index < -0.39 is 0 Å². The Kier molecular flexibility index (Phi) is 5.49. The Labute approximate surface area is 106 Å². The molecule has 3 nitrogen and oxygen atoms in total. The molecule has 0 bridgehead atoms. The Balaban J connectivity index is 2.52. The Morgan fingerprint density at radius 3 is 2.75 bits per heavy atom. The third kappa shape index (κ3) is 4.66. The smallest absolute Gasteiger partial charge is 0.0730 e. The topological polar surface area (TPSA) is 36.4 Å². The number of hydrogen-bond acceptors (Lipinski definition) is 3. The van der Waals surface area contributed by atoms with Crippen LogP contribution in [0.5, 0.6) is 0 Å². The van der Waals surface area contributed by atoms with Gasteiger partial charge in [-0.3, -0.25) is 4.98 Å². The lowest BCUT2D eigenvalue weighted by molar-refractivity contribution is 0.162. The molecule has 0 amide bonds. The molecule has 1 aromatic rings. The summed E-state index contributed by atoms with van der Waals surface area (Å²) in [5.74, 6) is 0. The van der Waals surface area contributed by atoms with E-state index in [9.17, 15) is 5.11 Å². The molecule has 90 valence electrons. The molecule has 1 atom stereocenters. The van der Waals surface area contributed by atoms with Crippen LogP contribution in [0.3, 0.4) is 0 Å². The highest BCUT2D eigenvalue weighted by Crippen LogP contribution is 2.19. The van der Waals surface area contributed by atoms with Gasteiger partial charge in [0.05, 0.1) is 21.8 Å². The van der Waals surface area contributed by atoms with Crippen LogP contribution in [0.1, 0.15) is 19.0 Å². The van der Waals surface area contributed by atoms with Crippen molar-refractivity contribution in [3.05, 3.63) is 28.0 Å². The monoisotopic (exact) mass is 262 g/mol. The van der Waals surface area contributed by atoms with E-state index >= 15 is 0 Å². The highest BCUT2D eigenvalue weighted by Gasteiger charge is 2.07. The zero-order chi connectivity index (χ0) is 12.1. The van der Waals surface area contributed by atoms with E-state index in [2.05, 4.69) is 9.88 Å². The summed E-state index contributed by atoms with van der Waals surface area (Å²) in [6.45, 7) is 3.24. The molecule has 0 aliphatic heterocycles. The highest BCUT2D eigenvalue weighted by atomic mass is 35.5. The minimum Gasteiger partial charge on any atom is -0.393 e. The van der Waals surface area contributed by atoms with Crippen LogP contribution < -0.4 is 0 Å². The fourth-order valence-corrected chi connectivity index (χ4v) is 1.74. The molecule has 1 unspecified atom stereocenters. The molecule has 0 saturated heterocycles. The minimum absolute atomic E-state index is 0.281. The number of aromatic nitrogens is 1. The third-order valence-corrected chi connectivity index (χ3v) is 2.77. The van der Waals surface area contributed by atoms with E-state index in [4.69, 9.17) is 23.2 Å².